The van der Waals surface area contributed by atoms with E-state index in [1.807, 2.05) is 6.07 Å². The Morgan fingerprint density at radius 3 is 2.53 bits per heavy atom. The van der Waals surface area contributed by atoms with Gasteiger partial charge >= 0.3 is 5.97 Å². The van der Waals surface area contributed by atoms with E-state index in [9.17, 15) is 9.59 Å². The van der Waals surface area contributed by atoms with Gasteiger partial charge in [0.25, 0.3) is 5.91 Å². The number of carbonyl (C=O) groups excluding carboxylic acids is 2. The van der Waals surface area contributed by atoms with Crippen molar-refractivity contribution < 1.29 is 28.2 Å². The number of nitrogens with one attached hydrogen (secondary N) is 1. The summed E-state index contributed by atoms with van der Waals surface area (Å²) in [7, 11) is 3.11. The van der Waals surface area contributed by atoms with Crippen LogP contribution in [0.4, 0.5) is 15.9 Å². The molecule has 0 radical (unpaired) electrons. The van der Waals surface area contributed by atoms with E-state index in [-0.39, 0.29) is 59.2 Å². The lowest BCUT2D eigenvalue weighted by Gasteiger charge is -2.18. The summed E-state index contributed by atoms with van der Waals surface area (Å²) in [5, 5.41) is 3.20. The highest BCUT2D eigenvalue weighted by molar-refractivity contribution is 6.34. The molecule has 224 valence electrons. The lowest BCUT2D eigenvalue weighted by molar-refractivity contribution is -0.142. The molecule has 11 heteroatoms. The van der Waals surface area contributed by atoms with Gasteiger partial charge in [0.1, 0.15) is 28.7 Å². The summed E-state index contributed by atoms with van der Waals surface area (Å²) in [6.45, 7) is 7.60. The van der Waals surface area contributed by atoms with E-state index in [1.54, 1.807) is 62.4 Å². The number of hydrogen-bond donors (Lipinski definition) is 1. The summed E-state index contributed by atoms with van der Waals surface area (Å²) in [5.74, 6) is 0.0891. The van der Waals surface area contributed by atoms with E-state index in [1.165, 1.54) is 19.1 Å². The number of allylic oxidation sites excluding steroid dienone is 5. The largest absolute Gasteiger partial charge is 0.497 e. The normalized spacial score (nSPS) is 13.3. The smallest absolute Gasteiger partial charge is 0.310 e. The van der Waals surface area contributed by atoms with E-state index >= 15 is 4.39 Å². The second kappa shape index (κ2) is 14.0. The number of rotatable bonds is 12. The zero-order valence-electron chi connectivity index (χ0n) is 24.4. The van der Waals surface area contributed by atoms with E-state index in [0.29, 0.717) is 29.5 Å². The van der Waals surface area contributed by atoms with Crippen molar-refractivity contribution >= 4 is 40.6 Å². The van der Waals surface area contributed by atoms with Crippen molar-refractivity contribution in [2.75, 3.05) is 26.1 Å². The number of hydrogen-bond acceptors (Lipinski definition) is 8. The number of nitrogens with zero attached hydrogens (tertiary/aromatic N) is 3. The summed E-state index contributed by atoms with van der Waals surface area (Å²) < 4.78 is 30.9. The van der Waals surface area contributed by atoms with Crippen molar-refractivity contribution in [1.29, 1.82) is 0 Å². The maximum absolute atomic E-state index is 15.1. The van der Waals surface area contributed by atoms with Crippen molar-refractivity contribution in [2.24, 2.45) is 0 Å². The number of ether oxygens (including phenoxy) is 3. The fourth-order valence-corrected chi connectivity index (χ4v) is 4.75. The molecule has 4 rings (SSSR count). The standard InChI is InChI=1S/C32H32ClFN4O5/c1-6-23(33)28(24(34)7-2)30-36-25-18-38(17-20-11-14-22(41-4)16-26(20)42-5)32(40)29(25)31(37-30)35-21-12-9-19(10-13-21)15-27(39)43-8-3/h6-7,9-14,16H,1,8,15,17-18H2,2-5H3,(H,35,36,37)/b24-7+,28-23-. The van der Waals surface area contributed by atoms with Crippen LogP contribution in [0.3, 0.4) is 0 Å². The number of anilines is 2. The predicted molar refractivity (Wildman–Crippen MR) is 163 cm³/mol. The first-order valence-corrected chi connectivity index (χ1v) is 13.9. The third-order valence-electron chi connectivity index (χ3n) is 6.69. The number of halogens is 2. The maximum Gasteiger partial charge on any atom is 0.310 e. The summed E-state index contributed by atoms with van der Waals surface area (Å²) in [6.07, 6.45) is 2.68. The summed E-state index contributed by atoms with van der Waals surface area (Å²) in [6, 6.07) is 12.4. The van der Waals surface area contributed by atoms with Gasteiger partial charge in [0.2, 0.25) is 0 Å². The number of esters is 1. The molecular weight excluding hydrogens is 575 g/mol. The molecule has 1 amide bonds. The molecule has 1 N–H and O–H groups in total. The van der Waals surface area contributed by atoms with Crippen LogP contribution in [0.1, 0.15) is 46.9 Å². The fraction of sp³-hybridized carbons (Fsp3) is 0.250. The lowest BCUT2D eigenvalue weighted by atomic mass is 10.1. The Kier molecular flexibility index (Phi) is 10.2. The fourth-order valence-electron chi connectivity index (χ4n) is 4.57. The SMILES string of the molecule is C=C/C(Cl)=C(\C(F)=C/C)c1nc2c(c(Nc3ccc(CC(=O)OCC)cc3)n1)C(=O)N(Cc1ccc(OC)cc1OC)C2. The van der Waals surface area contributed by atoms with Gasteiger partial charge in [0.15, 0.2) is 5.82 Å². The van der Waals surface area contributed by atoms with Crippen LogP contribution >= 0.6 is 11.6 Å². The number of fused-ring (bicyclic) bond motifs is 1. The molecule has 43 heavy (non-hydrogen) atoms. The Labute approximate surface area is 254 Å². The highest BCUT2D eigenvalue weighted by Crippen LogP contribution is 2.36. The van der Waals surface area contributed by atoms with Gasteiger partial charge in [-0.3, -0.25) is 9.59 Å². The van der Waals surface area contributed by atoms with Gasteiger partial charge < -0.3 is 24.4 Å². The minimum atomic E-state index is -0.636. The topological polar surface area (TPSA) is 103 Å². The van der Waals surface area contributed by atoms with Crippen LogP contribution in [-0.2, 0) is 29.0 Å². The van der Waals surface area contributed by atoms with Crippen molar-refractivity contribution in [2.45, 2.75) is 33.4 Å². The van der Waals surface area contributed by atoms with Crippen molar-refractivity contribution in [3.63, 3.8) is 0 Å². The number of carbonyl (C=O) groups is 2. The summed E-state index contributed by atoms with van der Waals surface area (Å²) in [5.41, 5.74) is 2.72. The average molecular weight is 607 g/mol. The maximum atomic E-state index is 15.1. The van der Waals surface area contributed by atoms with E-state index in [4.69, 9.17) is 25.8 Å². The molecule has 0 atom stereocenters. The van der Waals surface area contributed by atoms with Gasteiger partial charge in [0.05, 0.1) is 56.6 Å². The van der Waals surface area contributed by atoms with Gasteiger partial charge in [-0.05, 0) is 49.8 Å². The molecule has 0 aliphatic carbocycles. The van der Waals surface area contributed by atoms with Crippen LogP contribution in [0.15, 0.2) is 72.1 Å². The Morgan fingerprint density at radius 1 is 1.16 bits per heavy atom. The third kappa shape index (κ3) is 7.03. The van der Waals surface area contributed by atoms with Crippen molar-refractivity contribution in [1.82, 2.24) is 14.9 Å². The van der Waals surface area contributed by atoms with E-state index < -0.39 is 5.83 Å². The Balaban J connectivity index is 1.74. The van der Waals surface area contributed by atoms with Gasteiger partial charge in [-0.1, -0.05) is 36.4 Å². The molecule has 0 saturated heterocycles. The average Bonchev–Trinajstić information content (AvgIpc) is 3.32. The van der Waals surface area contributed by atoms with Gasteiger partial charge in [-0.2, -0.15) is 0 Å². The molecule has 3 aromatic rings. The minimum Gasteiger partial charge on any atom is -0.497 e. The zero-order valence-corrected chi connectivity index (χ0v) is 25.1. The first kappa shape index (κ1) is 31.2. The molecule has 0 fully saturated rings. The van der Waals surface area contributed by atoms with E-state index in [2.05, 4.69) is 21.9 Å². The van der Waals surface area contributed by atoms with Crippen molar-refractivity contribution in [3.05, 3.63) is 100 Å². The molecule has 1 aromatic heterocycles. The zero-order chi connectivity index (χ0) is 31.1. The van der Waals surface area contributed by atoms with Crippen molar-refractivity contribution in [3.8, 4) is 11.5 Å². The minimum absolute atomic E-state index is 0.00245. The predicted octanol–water partition coefficient (Wildman–Crippen LogP) is 6.51. The van der Waals surface area contributed by atoms with Crippen LogP contribution in [0.25, 0.3) is 5.57 Å². The quantitative estimate of drug-likeness (QED) is 0.184. The van der Waals surface area contributed by atoms with Crippen LogP contribution in [0.2, 0.25) is 0 Å². The summed E-state index contributed by atoms with van der Waals surface area (Å²) in [4.78, 5) is 36.4. The summed E-state index contributed by atoms with van der Waals surface area (Å²) >= 11 is 6.35. The van der Waals surface area contributed by atoms with Gasteiger partial charge in [-0.25, -0.2) is 14.4 Å². The molecular formula is C32H32ClFN4O5. The highest BCUT2D eigenvalue weighted by atomic mass is 35.5. The molecule has 1 aliphatic rings. The molecule has 0 unspecified atom stereocenters. The monoisotopic (exact) mass is 606 g/mol. The van der Waals surface area contributed by atoms with Gasteiger partial charge in [-0.15, -0.1) is 0 Å². The second-order valence-electron chi connectivity index (χ2n) is 9.42. The molecule has 2 aromatic carbocycles. The first-order chi connectivity index (χ1) is 20.7. The number of benzene rings is 2. The molecule has 2 heterocycles. The second-order valence-corrected chi connectivity index (χ2v) is 9.83. The Morgan fingerprint density at radius 2 is 1.91 bits per heavy atom. The lowest BCUT2D eigenvalue weighted by Crippen LogP contribution is -2.24. The highest BCUT2D eigenvalue weighted by Gasteiger charge is 2.34. The first-order valence-electron chi connectivity index (χ1n) is 13.5. The number of methoxy groups -OCH3 is 2. The van der Waals surface area contributed by atoms with E-state index in [0.717, 1.165) is 11.1 Å². The molecule has 0 saturated carbocycles. The Hall–Kier alpha value is -4.70. The Bertz CT molecular complexity index is 1600. The van der Waals surface area contributed by atoms with Crippen LogP contribution in [0.5, 0.6) is 11.5 Å². The van der Waals surface area contributed by atoms with Crippen LogP contribution < -0.4 is 14.8 Å². The van der Waals surface area contributed by atoms with Crippen LogP contribution in [0, 0.1) is 0 Å². The number of aromatic nitrogens is 2. The molecule has 0 bridgehead atoms. The number of amides is 1. The molecule has 0 spiro atoms. The molecule has 1 aliphatic heterocycles. The van der Waals surface area contributed by atoms with Gasteiger partial charge in [0, 0.05) is 17.3 Å². The van der Waals surface area contributed by atoms with Crippen LogP contribution in [-0.4, -0.2) is 47.6 Å². The molecule has 9 nitrogen and oxygen atoms in total. The third-order valence-corrected chi connectivity index (χ3v) is 7.03.